The number of halogens is 2. The lowest BCUT2D eigenvalue weighted by Crippen LogP contribution is -2.09. The Kier molecular flexibility index (Phi) is 4.84. The van der Waals surface area contributed by atoms with E-state index in [0.29, 0.717) is 12.1 Å². The summed E-state index contributed by atoms with van der Waals surface area (Å²) in [6.07, 6.45) is 0. The van der Waals surface area contributed by atoms with Gasteiger partial charge in [0.2, 0.25) is 0 Å². The normalized spacial score (nSPS) is 10.3. The van der Waals surface area contributed by atoms with Crippen molar-refractivity contribution in [3.05, 3.63) is 44.1 Å². The number of benzene rings is 1. The van der Waals surface area contributed by atoms with E-state index in [-0.39, 0.29) is 0 Å². The van der Waals surface area contributed by atoms with Gasteiger partial charge in [-0.05, 0) is 48.0 Å². The highest BCUT2D eigenvalue weighted by atomic mass is 79.9. The van der Waals surface area contributed by atoms with Gasteiger partial charge in [0.15, 0.2) is 0 Å². The van der Waals surface area contributed by atoms with Crippen molar-refractivity contribution in [1.29, 1.82) is 5.26 Å². The summed E-state index contributed by atoms with van der Waals surface area (Å²) < 4.78 is 3.87. The maximum atomic E-state index is 9.16. The van der Waals surface area contributed by atoms with Gasteiger partial charge in [-0.1, -0.05) is 15.9 Å². The number of hydrogen-bond donors (Lipinski definition) is 1. The monoisotopic (exact) mass is 396 g/mol. The van der Waals surface area contributed by atoms with Crippen LogP contribution in [0.3, 0.4) is 0 Å². The van der Waals surface area contributed by atoms with Crippen LogP contribution in [0.4, 0.5) is 5.69 Å². The van der Waals surface area contributed by atoms with Gasteiger partial charge in [0, 0.05) is 11.0 Å². The quantitative estimate of drug-likeness (QED) is 0.840. The van der Waals surface area contributed by atoms with Gasteiger partial charge in [0.25, 0.3) is 0 Å². The van der Waals surface area contributed by atoms with Crippen LogP contribution >= 0.6 is 31.9 Å². The third-order valence-corrected chi connectivity index (χ3v) is 4.53. The lowest BCUT2D eigenvalue weighted by Gasteiger charge is -2.10. The summed E-state index contributed by atoms with van der Waals surface area (Å²) in [4.78, 5) is 0. The summed E-state index contributed by atoms with van der Waals surface area (Å²) in [5.41, 5.74) is 3.50. The maximum absolute atomic E-state index is 9.16. The Hall–Kier alpha value is -1.32. The molecular weight excluding hydrogens is 384 g/mol. The molecule has 4 nitrogen and oxygen atoms in total. The van der Waals surface area contributed by atoms with E-state index < -0.39 is 0 Å². The van der Waals surface area contributed by atoms with Crippen LogP contribution in [0.15, 0.2) is 27.1 Å². The first-order chi connectivity index (χ1) is 9.56. The van der Waals surface area contributed by atoms with Gasteiger partial charge in [-0.25, -0.2) is 0 Å². The van der Waals surface area contributed by atoms with Crippen molar-refractivity contribution >= 4 is 37.5 Å². The van der Waals surface area contributed by atoms with Crippen LogP contribution < -0.4 is 5.32 Å². The largest absolute Gasteiger partial charge is 0.378 e. The molecule has 0 saturated heterocycles. The molecule has 1 heterocycles. The lowest BCUT2D eigenvalue weighted by atomic mass is 10.2. The number of aryl methyl sites for hydroxylation is 2. The van der Waals surface area contributed by atoms with Crippen LogP contribution in [0.1, 0.15) is 23.9 Å². The van der Waals surface area contributed by atoms with Crippen molar-refractivity contribution in [3.63, 3.8) is 0 Å². The first-order valence-corrected chi connectivity index (χ1v) is 7.80. The summed E-state index contributed by atoms with van der Waals surface area (Å²) in [6, 6.07) is 7.82. The van der Waals surface area contributed by atoms with Crippen molar-refractivity contribution in [2.45, 2.75) is 26.9 Å². The standard InChI is InChI=1S/C14H14Br2N4/c1-3-20-13(14(16)9(2)19-20)8-18-12-5-4-11(15)6-10(12)7-17/h4-6,18H,3,8H2,1-2H3. The van der Waals surface area contributed by atoms with Crippen LogP contribution in [-0.4, -0.2) is 9.78 Å². The minimum absolute atomic E-state index is 0.617. The molecule has 20 heavy (non-hydrogen) atoms. The van der Waals surface area contributed by atoms with E-state index in [2.05, 4.69) is 55.3 Å². The highest BCUT2D eigenvalue weighted by Gasteiger charge is 2.12. The fourth-order valence-electron chi connectivity index (χ4n) is 1.98. The van der Waals surface area contributed by atoms with Crippen LogP contribution in [0.5, 0.6) is 0 Å². The van der Waals surface area contributed by atoms with E-state index in [1.54, 1.807) is 6.07 Å². The van der Waals surface area contributed by atoms with Gasteiger partial charge in [-0.3, -0.25) is 4.68 Å². The first-order valence-electron chi connectivity index (χ1n) is 6.22. The molecule has 0 aliphatic rings. The summed E-state index contributed by atoms with van der Waals surface area (Å²) in [6.45, 7) is 5.46. The molecule has 0 unspecified atom stereocenters. The van der Waals surface area contributed by atoms with Crippen molar-refractivity contribution in [3.8, 4) is 6.07 Å². The number of nitriles is 1. The van der Waals surface area contributed by atoms with Crippen LogP contribution in [0.2, 0.25) is 0 Å². The Morgan fingerprint density at radius 3 is 2.80 bits per heavy atom. The fourth-order valence-corrected chi connectivity index (χ4v) is 2.77. The Morgan fingerprint density at radius 1 is 1.40 bits per heavy atom. The molecular formula is C14H14Br2N4. The third-order valence-electron chi connectivity index (χ3n) is 3.00. The first kappa shape index (κ1) is 15.1. The second-order valence-corrected chi connectivity index (χ2v) is 6.03. The van der Waals surface area contributed by atoms with E-state index >= 15 is 0 Å². The number of rotatable bonds is 4. The van der Waals surface area contributed by atoms with Crippen molar-refractivity contribution in [2.24, 2.45) is 0 Å². The molecule has 0 spiro atoms. The predicted octanol–water partition coefficient (Wildman–Crippen LogP) is 4.22. The molecule has 0 radical (unpaired) electrons. The minimum Gasteiger partial charge on any atom is -0.378 e. The van der Waals surface area contributed by atoms with Gasteiger partial charge >= 0.3 is 0 Å². The second kappa shape index (κ2) is 6.42. The van der Waals surface area contributed by atoms with Crippen molar-refractivity contribution < 1.29 is 0 Å². The Labute approximate surface area is 135 Å². The average Bonchev–Trinajstić information content (AvgIpc) is 2.72. The van der Waals surface area contributed by atoms with Gasteiger partial charge in [-0.15, -0.1) is 0 Å². The number of hydrogen-bond acceptors (Lipinski definition) is 3. The van der Waals surface area contributed by atoms with E-state index in [1.807, 2.05) is 23.7 Å². The molecule has 0 fully saturated rings. The molecule has 0 bridgehead atoms. The van der Waals surface area contributed by atoms with Crippen molar-refractivity contribution in [2.75, 3.05) is 5.32 Å². The highest BCUT2D eigenvalue weighted by molar-refractivity contribution is 9.10. The van der Waals surface area contributed by atoms with Crippen LogP contribution in [0.25, 0.3) is 0 Å². The molecule has 0 aliphatic heterocycles. The van der Waals surface area contributed by atoms with E-state index in [1.165, 1.54) is 0 Å². The van der Waals surface area contributed by atoms with Gasteiger partial charge in [-0.2, -0.15) is 10.4 Å². The van der Waals surface area contributed by atoms with Gasteiger partial charge in [0.1, 0.15) is 6.07 Å². The molecule has 0 aliphatic carbocycles. The van der Waals surface area contributed by atoms with Crippen LogP contribution in [0, 0.1) is 18.3 Å². The molecule has 104 valence electrons. The Balaban J connectivity index is 2.24. The number of anilines is 1. The average molecular weight is 398 g/mol. The zero-order chi connectivity index (χ0) is 14.7. The molecule has 0 saturated carbocycles. The van der Waals surface area contributed by atoms with Crippen LogP contribution in [-0.2, 0) is 13.1 Å². The lowest BCUT2D eigenvalue weighted by molar-refractivity contribution is 0.622. The molecule has 2 aromatic rings. The summed E-state index contributed by atoms with van der Waals surface area (Å²) in [5.74, 6) is 0. The topological polar surface area (TPSA) is 53.6 Å². The molecule has 1 N–H and O–H groups in total. The third kappa shape index (κ3) is 3.05. The molecule has 6 heteroatoms. The van der Waals surface area contributed by atoms with Gasteiger partial charge in [0.05, 0.1) is 33.7 Å². The Morgan fingerprint density at radius 2 is 2.15 bits per heavy atom. The molecule has 0 atom stereocenters. The van der Waals surface area contributed by atoms with E-state index in [4.69, 9.17) is 5.26 Å². The summed E-state index contributed by atoms with van der Waals surface area (Å²) in [5, 5.41) is 16.9. The minimum atomic E-state index is 0.617. The summed E-state index contributed by atoms with van der Waals surface area (Å²) >= 11 is 6.94. The highest BCUT2D eigenvalue weighted by Crippen LogP contribution is 2.24. The predicted molar refractivity (Wildman–Crippen MR) is 86.5 cm³/mol. The SMILES string of the molecule is CCn1nc(C)c(Br)c1CNc1ccc(Br)cc1C#N. The fraction of sp³-hybridized carbons (Fsp3) is 0.286. The Bertz CT molecular complexity index is 671. The number of nitrogens with zero attached hydrogens (tertiary/aromatic N) is 3. The molecule has 2 rings (SSSR count). The zero-order valence-corrected chi connectivity index (χ0v) is 14.4. The smallest absolute Gasteiger partial charge is 0.101 e. The summed E-state index contributed by atoms with van der Waals surface area (Å²) in [7, 11) is 0. The molecule has 1 aromatic heterocycles. The van der Waals surface area contributed by atoms with Gasteiger partial charge < -0.3 is 5.32 Å². The maximum Gasteiger partial charge on any atom is 0.101 e. The van der Waals surface area contributed by atoms with Crippen molar-refractivity contribution in [1.82, 2.24) is 9.78 Å². The number of aromatic nitrogens is 2. The van der Waals surface area contributed by atoms with E-state index in [0.717, 1.165) is 32.6 Å². The second-order valence-electron chi connectivity index (χ2n) is 4.32. The zero-order valence-electron chi connectivity index (χ0n) is 11.2. The molecule has 1 aromatic carbocycles. The number of nitrogens with one attached hydrogen (secondary N) is 1. The van der Waals surface area contributed by atoms with E-state index in [9.17, 15) is 0 Å². The molecule has 0 amide bonds.